The lowest BCUT2D eigenvalue weighted by Crippen LogP contribution is -2.20. The van der Waals surface area contributed by atoms with E-state index in [4.69, 9.17) is 42.8 Å². The number of carbonyl (C=O) groups is 1. The second-order valence-corrected chi connectivity index (χ2v) is 8.97. The largest absolute Gasteiger partial charge is 0.490 e. The minimum atomic E-state index is -0.655. The number of ether oxygens (including phenoxy) is 2. The van der Waals surface area contributed by atoms with Gasteiger partial charge in [0.1, 0.15) is 5.58 Å². The van der Waals surface area contributed by atoms with Crippen molar-refractivity contribution in [3.8, 4) is 23.1 Å². The topological polar surface area (TPSA) is 122 Å². The van der Waals surface area contributed by atoms with E-state index in [1.54, 1.807) is 67.6 Å². The number of rotatable bonds is 8. The Balaban J connectivity index is 1.63. The third kappa shape index (κ3) is 5.06. The molecule has 0 unspecified atom stereocenters. The van der Waals surface area contributed by atoms with Crippen molar-refractivity contribution in [2.75, 3.05) is 13.2 Å². The monoisotopic (exact) mass is 550 g/mol. The van der Waals surface area contributed by atoms with E-state index in [0.29, 0.717) is 45.2 Å². The summed E-state index contributed by atoms with van der Waals surface area (Å²) in [6.07, 6.45) is 1.44. The first kappa shape index (κ1) is 25.3. The molecule has 0 aliphatic carbocycles. The molecule has 0 atom stereocenters. The van der Waals surface area contributed by atoms with E-state index in [9.17, 15) is 9.59 Å². The molecule has 3 aromatic carbocycles. The van der Waals surface area contributed by atoms with Crippen molar-refractivity contribution in [1.82, 2.24) is 9.66 Å². The van der Waals surface area contributed by atoms with Crippen LogP contribution in [-0.2, 0) is 4.79 Å². The van der Waals surface area contributed by atoms with Crippen LogP contribution < -0.4 is 20.8 Å². The first-order chi connectivity index (χ1) is 18.3. The van der Waals surface area contributed by atoms with Crippen LogP contribution in [0.4, 0.5) is 0 Å². The highest BCUT2D eigenvalue weighted by atomic mass is 35.5. The van der Waals surface area contributed by atoms with Crippen LogP contribution in [0.1, 0.15) is 12.5 Å². The summed E-state index contributed by atoms with van der Waals surface area (Å²) >= 11 is 12.5. The van der Waals surface area contributed by atoms with Crippen molar-refractivity contribution >= 4 is 57.2 Å². The Kier molecular flexibility index (Phi) is 7.04. The molecule has 5 rings (SSSR count). The number of furan rings is 1. The molecule has 38 heavy (non-hydrogen) atoms. The molecule has 0 saturated heterocycles. The van der Waals surface area contributed by atoms with Gasteiger partial charge in [0.25, 0.3) is 11.5 Å². The first-order valence-corrected chi connectivity index (χ1v) is 12.2. The number of benzene rings is 3. The van der Waals surface area contributed by atoms with Crippen molar-refractivity contribution in [1.29, 1.82) is 0 Å². The lowest BCUT2D eigenvalue weighted by molar-refractivity contribution is -0.119. The molecule has 11 heteroatoms. The average molecular weight is 551 g/mol. The molecular formula is C27H20Cl2N4O5. The molecule has 0 radical (unpaired) electrons. The summed E-state index contributed by atoms with van der Waals surface area (Å²) in [6, 6.07) is 17.1. The number of amides is 1. The minimum absolute atomic E-state index is 0.177. The lowest BCUT2D eigenvalue weighted by Gasteiger charge is -2.13. The van der Waals surface area contributed by atoms with E-state index in [2.05, 4.69) is 10.1 Å². The predicted octanol–water partition coefficient (Wildman–Crippen LogP) is 5.26. The quantitative estimate of drug-likeness (QED) is 0.263. The number of nitrogens with zero attached hydrogens (tertiary/aromatic N) is 3. The van der Waals surface area contributed by atoms with Crippen LogP contribution in [0.25, 0.3) is 33.5 Å². The summed E-state index contributed by atoms with van der Waals surface area (Å²) in [4.78, 5) is 29.3. The maximum Gasteiger partial charge on any atom is 0.282 e. The summed E-state index contributed by atoms with van der Waals surface area (Å²) in [5.74, 6) is 0.356. The van der Waals surface area contributed by atoms with Crippen LogP contribution >= 0.6 is 23.2 Å². The first-order valence-electron chi connectivity index (χ1n) is 11.5. The number of aromatic nitrogens is 2. The van der Waals surface area contributed by atoms with Crippen LogP contribution in [0.5, 0.6) is 11.5 Å². The molecule has 0 spiro atoms. The van der Waals surface area contributed by atoms with Gasteiger partial charge in [-0.2, -0.15) is 9.78 Å². The van der Waals surface area contributed by atoms with Gasteiger partial charge < -0.3 is 19.6 Å². The van der Waals surface area contributed by atoms with Crippen LogP contribution in [0.2, 0.25) is 10.0 Å². The molecule has 0 aliphatic rings. The smallest absolute Gasteiger partial charge is 0.282 e. The number of para-hydroxylation sites is 1. The molecule has 192 valence electrons. The maximum atomic E-state index is 13.5. The zero-order chi connectivity index (χ0) is 26.8. The van der Waals surface area contributed by atoms with Crippen molar-refractivity contribution in [3.05, 3.63) is 86.6 Å². The highest BCUT2D eigenvalue weighted by molar-refractivity contribution is 6.32. The second kappa shape index (κ2) is 10.6. The zero-order valence-corrected chi connectivity index (χ0v) is 21.5. The molecule has 0 aliphatic heterocycles. The van der Waals surface area contributed by atoms with Gasteiger partial charge in [0.2, 0.25) is 5.82 Å². The molecule has 5 aromatic rings. The van der Waals surface area contributed by atoms with Gasteiger partial charge in [0.05, 0.1) is 28.7 Å². The van der Waals surface area contributed by atoms with E-state index in [-0.39, 0.29) is 23.2 Å². The Morgan fingerprint density at radius 2 is 1.95 bits per heavy atom. The van der Waals surface area contributed by atoms with E-state index < -0.39 is 11.5 Å². The van der Waals surface area contributed by atoms with E-state index in [1.165, 1.54) is 6.21 Å². The summed E-state index contributed by atoms with van der Waals surface area (Å²) < 4.78 is 18.2. The Morgan fingerprint density at radius 3 is 2.74 bits per heavy atom. The molecule has 0 bridgehead atoms. The van der Waals surface area contributed by atoms with Crippen LogP contribution in [0, 0.1) is 0 Å². The van der Waals surface area contributed by atoms with Crippen molar-refractivity contribution < 1.29 is 18.7 Å². The Morgan fingerprint density at radius 1 is 1.13 bits per heavy atom. The third-order valence-electron chi connectivity index (χ3n) is 5.47. The fourth-order valence-corrected chi connectivity index (χ4v) is 4.30. The number of hydrogen-bond acceptors (Lipinski definition) is 7. The van der Waals surface area contributed by atoms with Crippen molar-refractivity contribution in [3.63, 3.8) is 0 Å². The number of primary amides is 1. The third-order valence-corrected chi connectivity index (χ3v) is 5.98. The number of fused-ring (bicyclic) bond motifs is 2. The molecule has 2 N–H and O–H groups in total. The number of carbonyl (C=O) groups excluding carboxylic acids is 1. The van der Waals surface area contributed by atoms with Gasteiger partial charge in [-0.05, 0) is 61.0 Å². The normalized spacial score (nSPS) is 11.4. The molecule has 0 fully saturated rings. The number of hydrogen-bond donors (Lipinski definition) is 1. The lowest BCUT2D eigenvalue weighted by atomic mass is 10.2. The summed E-state index contributed by atoms with van der Waals surface area (Å²) in [5.41, 5.74) is 6.38. The van der Waals surface area contributed by atoms with Crippen molar-refractivity contribution in [2.45, 2.75) is 6.92 Å². The standard InChI is InChI=1S/C27H20Cl2N4O5/c1-2-36-22-10-15(9-19(29)25(22)37-14-24(30)34)13-31-33-26(32-20-6-4-3-5-18(20)27(33)35)23-12-16-11-17(28)7-8-21(16)38-23/h3-13H,2,14H2,1H3,(H2,30,34). The molecule has 2 heterocycles. The summed E-state index contributed by atoms with van der Waals surface area (Å²) in [5, 5.41) is 6.31. The molecule has 9 nitrogen and oxygen atoms in total. The summed E-state index contributed by atoms with van der Waals surface area (Å²) in [7, 11) is 0. The number of halogens is 2. The zero-order valence-electron chi connectivity index (χ0n) is 20.0. The predicted molar refractivity (Wildman–Crippen MR) is 147 cm³/mol. The van der Waals surface area contributed by atoms with Gasteiger partial charge in [-0.25, -0.2) is 4.98 Å². The van der Waals surface area contributed by atoms with Crippen LogP contribution in [0.15, 0.2) is 75.0 Å². The maximum absolute atomic E-state index is 13.5. The van der Waals surface area contributed by atoms with Gasteiger partial charge in [-0.1, -0.05) is 35.3 Å². The fraction of sp³-hybridized carbons (Fsp3) is 0.111. The molecule has 1 amide bonds. The highest BCUT2D eigenvalue weighted by Crippen LogP contribution is 2.36. The molecular weight excluding hydrogens is 531 g/mol. The van der Waals surface area contributed by atoms with E-state index in [1.807, 2.05) is 0 Å². The molecule has 0 saturated carbocycles. The minimum Gasteiger partial charge on any atom is -0.490 e. The van der Waals surface area contributed by atoms with Gasteiger partial charge in [0, 0.05) is 10.4 Å². The highest BCUT2D eigenvalue weighted by Gasteiger charge is 2.17. The Bertz CT molecular complexity index is 1780. The Labute approximate surface area is 226 Å². The SMILES string of the molecule is CCOc1cc(C=Nn2c(-c3cc4cc(Cl)ccc4o3)nc3ccccc3c2=O)cc(Cl)c1OCC(N)=O. The molecule has 2 aromatic heterocycles. The fourth-order valence-electron chi connectivity index (χ4n) is 3.85. The van der Waals surface area contributed by atoms with E-state index in [0.717, 1.165) is 10.1 Å². The van der Waals surface area contributed by atoms with Gasteiger partial charge in [0.15, 0.2) is 23.9 Å². The second-order valence-electron chi connectivity index (χ2n) is 8.12. The Hall–Kier alpha value is -4.34. The van der Waals surface area contributed by atoms with E-state index >= 15 is 0 Å². The average Bonchev–Trinajstić information content (AvgIpc) is 3.30. The van der Waals surface area contributed by atoms with Gasteiger partial charge in [-0.15, -0.1) is 0 Å². The van der Waals surface area contributed by atoms with Gasteiger partial charge in [-0.3, -0.25) is 9.59 Å². The van der Waals surface area contributed by atoms with Crippen molar-refractivity contribution in [2.24, 2.45) is 10.8 Å². The summed E-state index contributed by atoms with van der Waals surface area (Å²) in [6.45, 7) is 1.75. The number of nitrogens with two attached hydrogens (primary N) is 1. The van der Waals surface area contributed by atoms with Crippen LogP contribution in [0.3, 0.4) is 0 Å². The van der Waals surface area contributed by atoms with Gasteiger partial charge >= 0.3 is 0 Å². The van der Waals surface area contributed by atoms with Crippen LogP contribution in [-0.4, -0.2) is 35.0 Å².